The fourth-order valence-electron chi connectivity index (χ4n) is 3.04. The average molecular weight is 456 g/mol. The van der Waals surface area contributed by atoms with Crippen LogP contribution in [0, 0.1) is 5.92 Å². The van der Waals surface area contributed by atoms with E-state index in [0.29, 0.717) is 5.76 Å². The lowest BCUT2D eigenvalue weighted by atomic mass is 10.0. The Morgan fingerprint density at radius 2 is 1.73 bits per heavy atom. The molecule has 9 nitrogen and oxygen atoms in total. The predicted octanol–water partition coefficient (Wildman–Crippen LogP) is 1.75. The molecular formula is C24H29N3O6. The van der Waals surface area contributed by atoms with Crippen LogP contribution in [-0.4, -0.2) is 47.4 Å². The molecular weight excluding hydrogens is 426 g/mol. The Labute approximate surface area is 192 Å². The molecule has 1 aromatic heterocycles. The number of rotatable bonds is 12. The predicted molar refractivity (Wildman–Crippen MR) is 122 cm³/mol. The maximum absolute atomic E-state index is 12.9. The molecule has 0 aliphatic rings. The minimum atomic E-state index is -1.14. The van der Waals surface area contributed by atoms with Gasteiger partial charge in [0.2, 0.25) is 17.7 Å². The van der Waals surface area contributed by atoms with Crippen LogP contribution in [0.15, 0.2) is 59.2 Å². The zero-order chi connectivity index (χ0) is 24.2. The summed E-state index contributed by atoms with van der Waals surface area (Å²) in [4.78, 5) is 48.7. The first kappa shape index (κ1) is 25.4. The van der Waals surface area contributed by atoms with E-state index in [9.17, 15) is 24.3 Å². The van der Waals surface area contributed by atoms with Gasteiger partial charge in [0.05, 0.1) is 12.8 Å². The maximum atomic E-state index is 12.9. The standard InChI is InChI=1S/C24H29N3O6/c1-16(2)13-20(24(31)32)27-23(30)19(14-17-7-4-3-5-8-17)26-22(29)15-25-21(28)11-10-18-9-6-12-33-18/h3-12,16,19-20H,13-15H2,1-2H3,(H,25,28)(H,26,29)(H,27,30)(H,31,32)/t19-,20-/m0/s1. The second kappa shape index (κ2) is 12.8. The minimum absolute atomic E-state index is 0.0537. The lowest BCUT2D eigenvalue weighted by Gasteiger charge is -2.22. The molecule has 0 saturated heterocycles. The van der Waals surface area contributed by atoms with Crippen LogP contribution in [0.2, 0.25) is 0 Å². The molecule has 0 fully saturated rings. The van der Waals surface area contributed by atoms with E-state index in [1.54, 1.807) is 36.4 Å². The molecule has 2 aromatic rings. The maximum Gasteiger partial charge on any atom is 0.326 e. The molecule has 2 rings (SSSR count). The van der Waals surface area contributed by atoms with Crippen molar-refractivity contribution < 1.29 is 28.7 Å². The Bertz CT molecular complexity index is 954. The van der Waals surface area contributed by atoms with Gasteiger partial charge in [-0.25, -0.2) is 4.79 Å². The molecule has 0 aliphatic heterocycles. The van der Waals surface area contributed by atoms with Crippen LogP contribution in [0.1, 0.15) is 31.6 Å². The molecule has 0 aliphatic carbocycles. The van der Waals surface area contributed by atoms with E-state index in [2.05, 4.69) is 16.0 Å². The summed E-state index contributed by atoms with van der Waals surface area (Å²) in [5.41, 5.74) is 0.791. The summed E-state index contributed by atoms with van der Waals surface area (Å²) in [6, 6.07) is 10.3. The molecule has 3 amide bonds. The van der Waals surface area contributed by atoms with E-state index < -0.39 is 35.8 Å². The molecule has 1 aromatic carbocycles. The van der Waals surface area contributed by atoms with Gasteiger partial charge in [0.15, 0.2) is 0 Å². The number of carboxylic acids is 1. The molecule has 0 saturated carbocycles. The van der Waals surface area contributed by atoms with E-state index in [1.807, 2.05) is 19.9 Å². The number of hydrogen-bond donors (Lipinski definition) is 4. The first-order valence-electron chi connectivity index (χ1n) is 10.6. The molecule has 33 heavy (non-hydrogen) atoms. The first-order chi connectivity index (χ1) is 15.7. The smallest absolute Gasteiger partial charge is 0.326 e. The molecule has 0 unspecified atom stereocenters. The van der Waals surface area contributed by atoms with Crippen molar-refractivity contribution in [2.75, 3.05) is 6.54 Å². The van der Waals surface area contributed by atoms with E-state index >= 15 is 0 Å². The second-order valence-electron chi connectivity index (χ2n) is 7.91. The van der Waals surface area contributed by atoms with Crippen LogP contribution in [0.3, 0.4) is 0 Å². The summed E-state index contributed by atoms with van der Waals surface area (Å²) in [5, 5.41) is 17.0. The van der Waals surface area contributed by atoms with E-state index in [-0.39, 0.29) is 25.3 Å². The van der Waals surface area contributed by atoms with E-state index in [0.717, 1.165) is 5.56 Å². The van der Waals surface area contributed by atoms with E-state index in [1.165, 1.54) is 18.4 Å². The third-order valence-corrected chi connectivity index (χ3v) is 4.62. The van der Waals surface area contributed by atoms with Gasteiger partial charge in [-0.3, -0.25) is 14.4 Å². The highest BCUT2D eigenvalue weighted by molar-refractivity contribution is 5.95. The number of carbonyl (C=O) groups excluding carboxylic acids is 3. The van der Waals surface area contributed by atoms with Gasteiger partial charge >= 0.3 is 5.97 Å². The Morgan fingerprint density at radius 1 is 1.00 bits per heavy atom. The highest BCUT2D eigenvalue weighted by atomic mass is 16.4. The summed E-state index contributed by atoms with van der Waals surface area (Å²) in [5.74, 6) is -2.29. The molecule has 9 heteroatoms. The molecule has 4 N–H and O–H groups in total. The van der Waals surface area contributed by atoms with Crippen molar-refractivity contribution >= 4 is 29.8 Å². The second-order valence-corrected chi connectivity index (χ2v) is 7.91. The van der Waals surface area contributed by atoms with Crippen molar-refractivity contribution in [1.82, 2.24) is 16.0 Å². The van der Waals surface area contributed by atoms with Gasteiger partial charge in [-0.15, -0.1) is 0 Å². The van der Waals surface area contributed by atoms with Crippen molar-refractivity contribution in [2.24, 2.45) is 5.92 Å². The molecule has 0 spiro atoms. The quantitative estimate of drug-likeness (QED) is 0.360. The number of carboxylic acid groups (broad SMARTS) is 1. The molecule has 0 bridgehead atoms. The number of aliphatic carboxylic acids is 1. The average Bonchev–Trinajstić information content (AvgIpc) is 3.29. The minimum Gasteiger partial charge on any atom is -0.480 e. The van der Waals surface area contributed by atoms with Crippen molar-refractivity contribution in [3.63, 3.8) is 0 Å². The Kier molecular flexibility index (Phi) is 9.88. The van der Waals surface area contributed by atoms with Crippen molar-refractivity contribution in [2.45, 2.75) is 38.8 Å². The third-order valence-electron chi connectivity index (χ3n) is 4.62. The van der Waals surface area contributed by atoms with Crippen molar-refractivity contribution in [1.29, 1.82) is 0 Å². The van der Waals surface area contributed by atoms with Gasteiger partial charge in [0, 0.05) is 12.5 Å². The molecule has 1 heterocycles. The van der Waals surface area contributed by atoms with Crippen molar-refractivity contribution in [3.8, 4) is 0 Å². The monoisotopic (exact) mass is 455 g/mol. The first-order valence-corrected chi connectivity index (χ1v) is 10.6. The number of nitrogens with one attached hydrogen (secondary N) is 3. The van der Waals surface area contributed by atoms with Gasteiger partial charge in [-0.05, 0) is 36.1 Å². The molecule has 176 valence electrons. The van der Waals surface area contributed by atoms with Crippen LogP contribution < -0.4 is 16.0 Å². The zero-order valence-corrected chi connectivity index (χ0v) is 18.6. The van der Waals surface area contributed by atoms with Gasteiger partial charge < -0.3 is 25.5 Å². The Hall–Kier alpha value is -3.88. The number of amides is 3. The van der Waals surface area contributed by atoms with Crippen LogP contribution in [0.4, 0.5) is 0 Å². The zero-order valence-electron chi connectivity index (χ0n) is 18.6. The third kappa shape index (κ3) is 9.42. The van der Waals surface area contributed by atoms with Crippen LogP contribution in [0.5, 0.6) is 0 Å². The van der Waals surface area contributed by atoms with Gasteiger partial charge in [0.1, 0.15) is 17.8 Å². The number of furan rings is 1. The Balaban J connectivity index is 2.00. The largest absolute Gasteiger partial charge is 0.480 e. The van der Waals surface area contributed by atoms with Gasteiger partial charge in [-0.2, -0.15) is 0 Å². The summed E-state index contributed by atoms with van der Waals surface area (Å²) in [6.45, 7) is 3.36. The normalized spacial score (nSPS) is 12.8. The number of benzene rings is 1. The Morgan fingerprint density at radius 3 is 2.33 bits per heavy atom. The fourth-order valence-corrected chi connectivity index (χ4v) is 3.04. The highest BCUT2D eigenvalue weighted by Gasteiger charge is 2.27. The highest BCUT2D eigenvalue weighted by Crippen LogP contribution is 2.08. The summed E-state index contributed by atoms with van der Waals surface area (Å²) < 4.78 is 5.09. The number of carbonyl (C=O) groups is 4. The fraction of sp³-hybridized carbons (Fsp3) is 0.333. The van der Waals surface area contributed by atoms with Gasteiger partial charge in [0.25, 0.3) is 0 Å². The van der Waals surface area contributed by atoms with Gasteiger partial charge in [-0.1, -0.05) is 44.2 Å². The summed E-state index contributed by atoms with van der Waals surface area (Å²) in [7, 11) is 0. The lowest BCUT2D eigenvalue weighted by molar-refractivity contribution is -0.142. The van der Waals surface area contributed by atoms with Crippen LogP contribution in [-0.2, 0) is 25.6 Å². The van der Waals surface area contributed by atoms with Crippen molar-refractivity contribution in [3.05, 3.63) is 66.1 Å². The summed E-state index contributed by atoms with van der Waals surface area (Å²) in [6.07, 6.45) is 4.58. The van der Waals surface area contributed by atoms with E-state index in [4.69, 9.17) is 4.42 Å². The number of hydrogen-bond acceptors (Lipinski definition) is 5. The lowest BCUT2D eigenvalue weighted by Crippen LogP contribution is -2.54. The molecule has 2 atom stereocenters. The summed E-state index contributed by atoms with van der Waals surface area (Å²) >= 11 is 0. The molecule has 0 radical (unpaired) electrons. The van der Waals surface area contributed by atoms with Crippen LogP contribution >= 0.6 is 0 Å². The SMILES string of the molecule is CC(C)C[C@H](NC(=O)[C@H](Cc1ccccc1)NC(=O)CNC(=O)C=Cc1ccco1)C(=O)O. The van der Waals surface area contributed by atoms with Crippen LogP contribution in [0.25, 0.3) is 6.08 Å². The topological polar surface area (TPSA) is 138 Å².